The first kappa shape index (κ1) is 10.2. The van der Waals surface area contributed by atoms with Gasteiger partial charge in [0.1, 0.15) is 0 Å². The maximum Gasteiger partial charge on any atom is 0.254 e. The van der Waals surface area contributed by atoms with E-state index in [-0.39, 0.29) is 0 Å². The quantitative estimate of drug-likeness (QED) is 0.674. The number of carbonyl (C=O) groups excluding carboxylic acids is 1. The van der Waals surface area contributed by atoms with Crippen molar-refractivity contribution in [3.8, 4) is 0 Å². The molecule has 3 heteroatoms. The van der Waals surface area contributed by atoms with Gasteiger partial charge >= 0.3 is 0 Å². The summed E-state index contributed by atoms with van der Waals surface area (Å²) < 4.78 is 0. The Balaban J connectivity index is 2.55. The third-order valence-electron chi connectivity index (χ3n) is 3.11. The lowest BCUT2D eigenvalue weighted by Crippen LogP contribution is -2.41. The normalized spacial score (nSPS) is 25.4. The summed E-state index contributed by atoms with van der Waals surface area (Å²) in [6.07, 6.45) is 3.16. The zero-order chi connectivity index (χ0) is 10.9. The molecule has 0 saturated carbocycles. The van der Waals surface area contributed by atoms with E-state index in [1.807, 2.05) is 18.2 Å². The van der Waals surface area contributed by atoms with Crippen LogP contribution in [0.4, 0.5) is 0 Å². The molecule has 0 saturated heterocycles. The lowest BCUT2D eigenvalue weighted by atomic mass is 9.87. The van der Waals surface area contributed by atoms with E-state index in [1.165, 1.54) is 0 Å². The molecule has 0 heterocycles. The number of fused-ring (bicyclic) bond motifs is 1. The van der Waals surface area contributed by atoms with Gasteiger partial charge in [0.2, 0.25) is 0 Å². The number of amides is 1. The van der Waals surface area contributed by atoms with Crippen LogP contribution in [0.25, 0.3) is 0 Å². The van der Waals surface area contributed by atoms with Crippen molar-refractivity contribution in [3.63, 3.8) is 0 Å². The van der Waals surface area contributed by atoms with Gasteiger partial charge in [0, 0.05) is 0 Å². The fraction of sp³-hybridized carbons (Fsp3) is 0.417. The highest BCUT2D eigenvalue weighted by atomic mass is 16.3. The minimum absolute atomic E-state index is 0.430. The van der Waals surface area contributed by atoms with E-state index < -0.39 is 11.5 Å². The second-order valence-electron chi connectivity index (χ2n) is 4.09. The summed E-state index contributed by atoms with van der Waals surface area (Å²) in [5.41, 5.74) is 5.56. The molecule has 80 valence electrons. The maximum atomic E-state index is 11.4. The number of hydrogen-bond donors (Lipinski definition) is 2. The van der Waals surface area contributed by atoms with Crippen LogP contribution in [0.3, 0.4) is 0 Å². The Bertz CT molecular complexity index is 389. The molecule has 0 aliphatic heterocycles. The van der Waals surface area contributed by atoms with Crippen LogP contribution in [0.15, 0.2) is 24.3 Å². The molecule has 3 N–H and O–H groups in total. The van der Waals surface area contributed by atoms with Crippen LogP contribution in [-0.4, -0.2) is 11.0 Å². The molecule has 0 fully saturated rings. The lowest BCUT2D eigenvalue weighted by Gasteiger charge is -2.25. The second kappa shape index (κ2) is 3.66. The fourth-order valence-corrected chi connectivity index (χ4v) is 2.23. The van der Waals surface area contributed by atoms with Crippen LogP contribution in [0, 0.1) is 0 Å². The summed E-state index contributed by atoms with van der Waals surface area (Å²) in [7, 11) is 0. The summed E-state index contributed by atoms with van der Waals surface area (Å²) in [6.45, 7) is 0. The average Bonchev–Trinajstić information content (AvgIpc) is 2.40. The fourth-order valence-electron chi connectivity index (χ4n) is 2.23. The Kier molecular flexibility index (Phi) is 2.49. The SMILES string of the molecule is NC(=O)C1(O)CCCCc2ccccc21. The van der Waals surface area contributed by atoms with Crippen molar-refractivity contribution in [2.24, 2.45) is 5.73 Å². The first-order valence-corrected chi connectivity index (χ1v) is 5.25. The summed E-state index contributed by atoms with van der Waals surface area (Å²) in [4.78, 5) is 11.4. The highest BCUT2D eigenvalue weighted by molar-refractivity contribution is 5.85. The molecular weight excluding hydrogens is 190 g/mol. The molecule has 1 amide bonds. The van der Waals surface area contributed by atoms with Gasteiger partial charge in [-0.3, -0.25) is 4.79 Å². The van der Waals surface area contributed by atoms with Crippen LogP contribution in [0.5, 0.6) is 0 Å². The molecule has 15 heavy (non-hydrogen) atoms. The van der Waals surface area contributed by atoms with E-state index in [9.17, 15) is 9.90 Å². The van der Waals surface area contributed by atoms with E-state index in [0.717, 1.165) is 24.8 Å². The Labute approximate surface area is 88.9 Å². The van der Waals surface area contributed by atoms with E-state index >= 15 is 0 Å². The Morgan fingerprint density at radius 3 is 2.80 bits per heavy atom. The largest absolute Gasteiger partial charge is 0.375 e. The molecule has 1 aromatic rings. The molecule has 3 nitrogen and oxygen atoms in total. The lowest BCUT2D eigenvalue weighted by molar-refractivity contribution is -0.138. The monoisotopic (exact) mass is 205 g/mol. The second-order valence-corrected chi connectivity index (χ2v) is 4.09. The zero-order valence-corrected chi connectivity index (χ0v) is 8.57. The van der Waals surface area contributed by atoms with E-state index in [2.05, 4.69) is 0 Å². The minimum atomic E-state index is -1.47. The Morgan fingerprint density at radius 1 is 1.33 bits per heavy atom. The number of primary amides is 1. The molecule has 1 aliphatic rings. The minimum Gasteiger partial charge on any atom is -0.375 e. The van der Waals surface area contributed by atoms with Crippen LogP contribution in [-0.2, 0) is 16.8 Å². The molecule has 0 radical (unpaired) electrons. The first-order chi connectivity index (χ1) is 7.14. The van der Waals surface area contributed by atoms with E-state index in [1.54, 1.807) is 6.07 Å². The Hall–Kier alpha value is -1.35. The summed E-state index contributed by atoms with van der Waals surface area (Å²) in [5.74, 6) is -0.642. The molecule has 1 atom stereocenters. The van der Waals surface area contributed by atoms with Crippen LogP contribution >= 0.6 is 0 Å². The number of benzene rings is 1. The van der Waals surface area contributed by atoms with Gasteiger partial charge in [-0.15, -0.1) is 0 Å². The van der Waals surface area contributed by atoms with Crippen LogP contribution < -0.4 is 5.73 Å². The van der Waals surface area contributed by atoms with Crippen molar-refractivity contribution in [3.05, 3.63) is 35.4 Å². The molecule has 0 spiro atoms. The number of hydrogen-bond acceptors (Lipinski definition) is 2. The predicted molar refractivity (Wildman–Crippen MR) is 57.1 cm³/mol. The van der Waals surface area contributed by atoms with E-state index in [0.29, 0.717) is 12.0 Å². The number of aliphatic hydroxyl groups is 1. The standard InChI is InChI=1S/C12H15NO2/c13-11(14)12(15)8-4-3-6-9-5-1-2-7-10(9)12/h1-2,5,7,15H,3-4,6,8H2,(H2,13,14). The van der Waals surface area contributed by atoms with Gasteiger partial charge in [0.15, 0.2) is 5.60 Å². The molecule has 1 unspecified atom stereocenters. The van der Waals surface area contributed by atoms with Gasteiger partial charge < -0.3 is 10.8 Å². The molecular formula is C12H15NO2. The van der Waals surface area contributed by atoms with Crippen molar-refractivity contribution in [1.82, 2.24) is 0 Å². The summed E-state index contributed by atoms with van der Waals surface area (Å²) in [6, 6.07) is 7.50. The third-order valence-corrected chi connectivity index (χ3v) is 3.11. The first-order valence-electron chi connectivity index (χ1n) is 5.25. The van der Waals surface area contributed by atoms with Crippen molar-refractivity contribution in [2.45, 2.75) is 31.3 Å². The highest BCUT2D eigenvalue weighted by Gasteiger charge is 2.38. The number of carbonyl (C=O) groups is 1. The third kappa shape index (κ3) is 1.63. The highest BCUT2D eigenvalue weighted by Crippen LogP contribution is 2.33. The van der Waals surface area contributed by atoms with Crippen molar-refractivity contribution < 1.29 is 9.90 Å². The zero-order valence-electron chi connectivity index (χ0n) is 8.57. The van der Waals surface area contributed by atoms with Gasteiger partial charge in [-0.05, 0) is 36.8 Å². The van der Waals surface area contributed by atoms with Gasteiger partial charge in [-0.1, -0.05) is 24.3 Å². The van der Waals surface area contributed by atoms with Crippen molar-refractivity contribution in [2.75, 3.05) is 0 Å². The van der Waals surface area contributed by atoms with Crippen molar-refractivity contribution in [1.29, 1.82) is 0 Å². The van der Waals surface area contributed by atoms with Gasteiger partial charge in [0.25, 0.3) is 5.91 Å². The average molecular weight is 205 g/mol. The Morgan fingerprint density at radius 2 is 2.07 bits per heavy atom. The van der Waals surface area contributed by atoms with Crippen LogP contribution in [0.1, 0.15) is 30.4 Å². The summed E-state index contributed by atoms with van der Waals surface area (Å²) >= 11 is 0. The molecule has 2 rings (SSSR count). The molecule has 0 bridgehead atoms. The topological polar surface area (TPSA) is 63.3 Å². The number of rotatable bonds is 1. The summed E-state index contributed by atoms with van der Waals surface area (Å²) in [5, 5.41) is 10.3. The maximum absolute atomic E-state index is 11.4. The number of nitrogens with two attached hydrogens (primary N) is 1. The molecule has 0 aromatic heterocycles. The van der Waals surface area contributed by atoms with Gasteiger partial charge in [0.05, 0.1) is 0 Å². The van der Waals surface area contributed by atoms with E-state index in [4.69, 9.17) is 5.73 Å². The molecule has 1 aromatic carbocycles. The van der Waals surface area contributed by atoms with Crippen molar-refractivity contribution >= 4 is 5.91 Å². The molecule has 1 aliphatic carbocycles. The smallest absolute Gasteiger partial charge is 0.254 e. The van der Waals surface area contributed by atoms with Gasteiger partial charge in [-0.25, -0.2) is 0 Å². The van der Waals surface area contributed by atoms with Gasteiger partial charge in [-0.2, -0.15) is 0 Å². The van der Waals surface area contributed by atoms with Crippen LogP contribution in [0.2, 0.25) is 0 Å². The number of aryl methyl sites for hydroxylation is 1. The predicted octanol–water partition coefficient (Wildman–Crippen LogP) is 1.09.